The zero-order valence-electron chi connectivity index (χ0n) is 19.9. The van der Waals surface area contributed by atoms with E-state index < -0.39 is 11.7 Å². The number of carbonyl (C=O) groups is 1. The quantitative estimate of drug-likeness (QED) is 0.458. The smallest absolute Gasteiger partial charge is 0.367 e. The summed E-state index contributed by atoms with van der Waals surface area (Å²) in [6, 6.07) is 7.66. The van der Waals surface area contributed by atoms with Crippen molar-refractivity contribution in [3.8, 4) is 0 Å². The van der Waals surface area contributed by atoms with Crippen LogP contribution in [0.5, 0.6) is 0 Å². The van der Waals surface area contributed by atoms with Crippen LogP contribution in [0.4, 0.5) is 23.8 Å². The Hall–Kier alpha value is -1.88. The van der Waals surface area contributed by atoms with Crippen LogP contribution >= 0.6 is 35.1 Å². The number of hydrogen-bond donors (Lipinski definition) is 1. The number of halogens is 5. The average Bonchev–Trinajstić information content (AvgIpc) is 3.31. The van der Waals surface area contributed by atoms with Crippen molar-refractivity contribution in [2.45, 2.75) is 25.1 Å². The number of amides is 2. The Labute approximate surface area is 223 Å². The molecule has 3 heterocycles. The molecule has 2 amide bonds. The highest BCUT2D eigenvalue weighted by molar-refractivity contribution is 7.96. The zero-order chi connectivity index (χ0) is 26.0. The Morgan fingerprint density at radius 2 is 1.81 bits per heavy atom. The van der Waals surface area contributed by atoms with Gasteiger partial charge in [0, 0.05) is 63.3 Å². The molecule has 2 aromatic rings. The maximum atomic E-state index is 13.4. The van der Waals surface area contributed by atoms with E-state index in [1.807, 2.05) is 35.1 Å². The number of likely N-dealkylation sites (tertiary alicyclic amines) is 1. The minimum Gasteiger partial charge on any atom is -0.367 e. The SMILES string of the molecule is CSN1CCN(C(=O)N2CC(c3ccc(Cl)c(Cl)c3)C(C(C)Nc3ccc(C(F)(F)F)cn3)C2)CC1. The fourth-order valence-corrected chi connectivity index (χ4v) is 5.67. The Kier molecular flexibility index (Phi) is 8.49. The van der Waals surface area contributed by atoms with E-state index in [-0.39, 0.29) is 23.9 Å². The molecule has 1 N–H and O–H groups in total. The molecule has 12 heteroatoms. The van der Waals surface area contributed by atoms with E-state index in [0.29, 0.717) is 42.0 Å². The van der Waals surface area contributed by atoms with Crippen LogP contribution < -0.4 is 5.32 Å². The van der Waals surface area contributed by atoms with Gasteiger partial charge in [0.2, 0.25) is 0 Å². The molecule has 2 aliphatic rings. The maximum absolute atomic E-state index is 13.4. The fourth-order valence-electron chi connectivity index (χ4n) is 4.84. The number of aromatic nitrogens is 1. The molecule has 0 bridgehead atoms. The fraction of sp³-hybridized carbons (Fsp3) is 0.500. The van der Waals surface area contributed by atoms with Crippen LogP contribution in [-0.4, -0.2) is 76.7 Å². The molecule has 3 unspecified atom stereocenters. The summed E-state index contributed by atoms with van der Waals surface area (Å²) in [5.41, 5.74) is 0.166. The number of nitrogens with one attached hydrogen (secondary N) is 1. The molecule has 1 aromatic carbocycles. The molecular formula is C24H28Cl2F3N5OS. The summed E-state index contributed by atoms with van der Waals surface area (Å²) >= 11 is 14.1. The molecule has 0 radical (unpaired) electrons. The lowest BCUT2D eigenvalue weighted by Gasteiger charge is -2.35. The largest absolute Gasteiger partial charge is 0.417 e. The molecule has 6 nitrogen and oxygen atoms in total. The Balaban J connectivity index is 1.52. The molecule has 2 aliphatic heterocycles. The van der Waals surface area contributed by atoms with Crippen molar-refractivity contribution in [3.05, 3.63) is 57.7 Å². The van der Waals surface area contributed by atoms with Gasteiger partial charge in [-0.3, -0.25) is 0 Å². The number of piperazine rings is 1. The van der Waals surface area contributed by atoms with Gasteiger partial charge in [-0.1, -0.05) is 41.2 Å². The van der Waals surface area contributed by atoms with Gasteiger partial charge in [-0.05, 0) is 43.0 Å². The zero-order valence-corrected chi connectivity index (χ0v) is 22.3. The van der Waals surface area contributed by atoms with Gasteiger partial charge in [0.05, 0.1) is 15.6 Å². The molecule has 0 aliphatic carbocycles. The highest BCUT2D eigenvalue weighted by Gasteiger charge is 2.41. The Morgan fingerprint density at radius 1 is 1.08 bits per heavy atom. The van der Waals surface area contributed by atoms with Gasteiger partial charge in [0.15, 0.2) is 0 Å². The van der Waals surface area contributed by atoms with Crippen molar-refractivity contribution in [2.75, 3.05) is 50.8 Å². The first kappa shape index (κ1) is 27.2. The first-order valence-electron chi connectivity index (χ1n) is 11.6. The van der Waals surface area contributed by atoms with E-state index in [2.05, 4.69) is 14.6 Å². The minimum atomic E-state index is -4.44. The van der Waals surface area contributed by atoms with Crippen LogP contribution in [0.3, 0.4) is 0 Å². The molecule has 3 atom stereocenters. The summed E-state index contributed by atoms with van der Waals surface area (Å²) in [5.74, 6) is 0.289. The van der Waals surface area contributed by atoms with Crippen LogP contribution in [0.2, 0.25) is 10.0 Å². The third kappa shape index (κ3) is 6.15. The number of urea groups is 1. The average molecular weight is 562 g/mol. The van der Waals surface area contributed by atoms with Gasteiger partial charge in [0.1, 0.15) is 5.82 Å². The van der Waals surface area contributed by atoms with Gasteiger partial charge in [-0.25, -0.2) is 14.1 Å². The number of nitrogens with zero attached hydrogens (tertiary/aromatic N) is 4. The summed E-state index contributed by atoms with van der Waals surface area (Å²) < 4.78 is 41.0. The summed E-state index contributed by atoms with van der Waals surface area (Å²) in [6.07, 6.45) is -1.59. The normalized spacial score (nSPS) is 22.1. The van der Waals surface area contributed by atoms with Gasteiger partial charge < -0.3 is 15.1 Å². The molecule has 1 aromatic heterocycles. The number of pyridine rings is 1. The van der Waals surface area contributed by atoms with E-state index in [0.717, 1.165) is 30.9 Å². The Bertz CT molecular complexity index is 1070. The number of anilines is 1. The number of carbonyl (C=O) groups excluding carboxylic acids is 1. The van der Waals surface area contributed by atoms with Crippen LogP contribution in [-0.2, 0) is 6.18 Å². The second-order valence-electron chi connectivity index (χ2n) is 9.09. The van der Waals surface area contributed by atoms with Crippen LogP contribution in [0, 0.1) is 5.92 Å². The van der Waals surface area contributed by atoms with Crippen molar-refractivity contribution in [2.24, 2.45) is 5.92 Å². The number of hydrogen-bond acceptors (Lipinski definition) is 5. The molecule has 0 spiro atoms. The monoisotopic (exact) mass is 561 g/mol. The molecule has 196 valence electrons. The maximum Gasteiger partial charge on any atom is 0.417 e. The molecule has 4 rings (SSSR count). The standard InChI is InChI=1S/C24H28Cl2F3N5OS/c1-15(31-22-6-4-17(12-30-22)24(27,28)29)18-13-33(23(35)32-7-9-34(36-2)10-8-32)14-19(18)16-3-5-20(25)21(26)11-16/h3-6,11-12,15,18-19H,7-10,13-14H2,1-2H3,(H,30,31). The highest BCUT2D eigenvalue weighted by Crippen LogP contribution is 2.38. The molecule has 36 heavy (non-hydrogen) atoms. The van der Waals surface area contributed by atoms with E-state index in [4.69, 9.17) is 23.2 Å². The summed E-state index contributed by atoms with van der Waals surface area (Å²) in [6.45, 7) is 5.94. The van der Waals surface area contributed by atoms with Crippen molar-refractivity contribution in [1.82, 2.24) is 19.1 Å². The lowest BCUT2D eigenvalue weighted by atomic mass is 9.84. The second kappa shape index (κ2) is 11.2. The molecule has 2 fully saturated rings. The third-order valence-electron chi connectivity index (χ3n) is 6.88. The number of benzene rings is 1. The van der Waals surface area contributed by atoms with Crippen molar-refractivity contribution < 1.29 is 18.0 Å². The van der Waals surface area contributed by atoms with E-state index in [1.54, 1.807) is 18.0 Å². The molecule has 2 saturated heterocycles. The minimum absolute atomic E-state index is 0.00293. The lowest BCUT2D eigenvalue weighted by molar-refractivity contribution is -0.137. The van der Waals surface area contributed by atoms with Gasteiger partial charge >= 0.3 is 12.2 Å². The predicted molar refractivity (Wildman–Crippen MR) is 139 cm³/mol. The summed E-state index contributed by atoms with van der Waals surface area (Å²) in [7, 11) is 0. The van der Waals surface area contributed by atoms with E-state index in [9.17, 15) is 18.0 Å². The third-order valence-corrected chi connectivity index (χ3v) is 8.50. The van der Waals surface area contributed by atoms with Gasteiger partial charge in [-0.15, -0.1) is 0 Å². The van der Waals surface area contributed by atoms with Gasteiger partial charge in [-0.2, -0.15) is 13.2 Å². The van der Waals surface area contributed by atoms with Gasteiger partial charge in [0.25, 0.3) is 0 Å². The number of alkyl halides is 3. The molecule has 0 saturated carbocycles. The first-order chi connectivity index (χ1) is 17.1. The van der Waals surface area contributed by atoms with Crippen LogP contribution in [0.25, 0.3) is 0 Å². The predicted octanol–water partition coefficient (Wildman–Crippen LogP) is 5.94. The Morgan fingerprint density at radius 3 is 2.39 bits per heavy atom. The highest BCUT2D eigenvalue weighted by atomic mass is 35.5. The summed E-state index contributed by atoms with van der Waals surface area (Å²) in [5, 5.41) is 4.14. The lowest BCUT2D eigenvalue weighted by Crippen LogP contribution is -2.51. The van der Waals surface area contributed by atoms with Crippen molar-refractivity contribution in [1.29, 1.82) is 0 Å². The van der Waals surface area contributed by atoms with E-state index >= 15 is 0 Å². The first-order valence-corrected chi connectivity index (χ1v) is 13.6. The topological polar surface area (TPSA) is 51.7 Å². The van der Waals surface area contributed by atoms with Crippen LogP contribution in [0.15, 0.2) is 36.5 Å². The van der Waals surface area contributed by atoms with Crippen molar-refractivity contribution in [3.63, 3.8) is 0 Å². The van der Waals surface area contributed by atoms with E-state index in [1.165, 1.54) is 6.07 Å². The van der Waals surface area contributed by atoms with Crippen LogP contribution in [0.1, 0.15) is 24.0 Å². The number of rotatable bonds is 5. The second-order valence-corrected chi connectivity index (χ2v) is 10.8. The molecular weight excluding hydrogens is 534 g/mol. The summed E-state index contributed by atoms with van der Waals surface area (Å²) in [4.78, 5) is 21.1. The van der Waals surface area contributed by atoms with Crippen molar-refractivity contribution >= 4 is 47.0 Å².